The molecule has 0 bridgehead atoms. The van der Waals surface area contributed by atoms with Gasteiger partial charge in [0.1, 0.15) is 11.5 Å². The molecular weight excluding hydrogens is 254 g/mol. The predicted molar refractivity (Wildman–Crippen MR) is 76.8 cm³/mol. The number of benzene rings is 1. The second-order valence-electron chi connectivity index (χ2n) is 4.09. The van der Waals surface area contributed by atoms with Gasteiger partial charge < -0.3 is 9.84 Å². The van der Waals surface area contributed by atoms with Crippen molar-refractivity contribution in [2.75, 3.05) is 6.61 Å². The molecule has 102 valence electrons. The van der Waals surface area contributed by atoms with Gasteiger partial charge in [-0.25, -0.2) is 0 Å². The monoisotopic (exact) mass is 269 g/mol. The highest BCUT2D eigenvalue weighted by molar-refractivity contribution is 6.07. The van der Waals surface area contributed by atoms with Crippen LogP contribution in [0.5, 0.6) is 5.75 Å². The highest BCUT2D eigenvalue weighted by Gasteiger charge is 2.06. The van der Waals surface area contributed by atoms with Crippen molar-refractivity contribution in [2.24, 2.45) is 0 Å². The third-order valence-electron chi connectivity index (χ3n) is 2.67. The fraction of sp³-hybridized carbons (Fsp3) is 0.125. The van der Waals surface area contributed by atoms with E-state index in [0.29, 0.717) is 23.5 Å². The Morgan fingerprint density at radius 2 is 2.00 bits per heavy atom. The van der Waals surface area contributed by atoms with Crippen LogP contribution in [-0.4, -0.2) is 22.5 Å². The first-order valence-corrected chi connectivity index (χ1v) is 6.29. The molecule has 0 fully saturated rings. The van der Waals surface area contributed by atoms with Crippen molar-refractivity contribution in [3.05, 3.63) is 66.0 Å². The molecule has 4 nitrogen and oxygen atoms in total. The smallest absolute Gasteiger partial charge is 0.189 e. The normalized spacial score (nSPS) is 11.2. The van der Waals surface area contributed by atoms with Gasteiger partial charge >= 0.3 is 0 Å². The Morgan fingerprint density at radius 1 is 1.25 bits per heavy atom. The Morgan fingerprint density at radius 3 is 2.60 bits per heavy atom. The van der Waals surface area contributed by atoms with Crippen LogP contribution in [0.3, 0.4) is 0 Å². The minimum absolute atomic E-state index is 0.100. The fourth-order valence-electron chi connectivity index (χ4n) is 1.69. The molecule has 1 N–H and O–H groups in total. The first kappa shape index (κ1) is 13.8. The van der Waals surface area contributed by atoms with Crippen LogP contribution in [0.1, 0.15) is 22.8 Å². The standard InChI is InChI=1S/C16H15NO3/c1-2-20-14-7-5-12(6-8-14)15(18)10-16(19)13-4-3-9-17-11-13/h3-11,19H,2H2,1H3. The molecular formula is C16H15NO3. The second-order valence-corrected chi connectivity index (χ2v) is 4.09. The maximum absolute atomic E-state index is 12.0. The number of aliphatic hydroxyl groups excluding tert-OH is 1. The van der Waals surface area contributed by atoms with Gasteiger partial charge in [-0.3, -0.25) is 9.78 Å². The summed E-state index contributed by atoms with van der Waals surface area (Å²) in [5.41, 5.74) is 0.996. The Kier molecular flexibility index (Phi) is 4.50. The van der Waals surface area contributed by atoms with Crippen molar-refractivity contribution < 1.29 is 14.6 Å². The van der Waals surface area contributed by atoms with E-state index >= 15 is 0 Å². The molecule has 0 atom stereocenters. The molecule has 0 aliphatic heterocycles. The van der Waals surface area contributed by atoms with Crippen molar-refractivity contribution >= 4 is 11.5 Å². The topological polar surface area (TPSA) is 59.4 Å². The van der Waals surface area contributed by atoms with Gasteiger partial charge in [0.05, 0.1) is 6.61 Å². The molecule has 0 aliphatic carbocycles. The predicted octanol–water partition coefficient (Wildman–Crippen LogP) is 3.26. The van der Waals surface area contributed by atoms with Gasteiger partial charge in [-0.2, -0.15) is 0 Å². The van der Waals surface area contributed by atoms with Crippen LogP contribution in [0.15, 0.2) is 54.9 Å². The number of aromatic nitrogens is 1. The minimum Gasteiger partial charge on any atom is -0.507 e. The zero-order valence-corrected chi connectivity index (χ0v) is 11.1. The number of aliphatic hydroxyl groups is 1. The summed E-state index contributed by atoms with van der Waals surface area (Å²) in [5, 5.41) is 9.87. The Labute approximate surface area is 117 Å². The number of ether oxygens (including phenoxy) is 1. The van der Waals surface area contributed by atoms with Gasteiger partial charge in [0.15, 0.2) is 5.78 Å². The Bertz CT molecular complexity index is 603. The zero-order chi connectivity index (χ0) is 14.4. The highest BCUT2D eigenvalue weighted by atomic mass is 16.5. The molecule has 1 aromatic heterocycles. The van der Waals surface area contributed by atoms with E-state index in [-0.39, 0.29) is 11.5 Å². The van der Waals surface area contributed by atoms with E-state index in [1.54, 1.807) is 42.6 Å². The second kappa shape index (κ2) is 6.52. The molecule has 0 saturated carbocycles. The third-order valence-corrected chi connectivity index (χ3v) is 2.67. The van der Waals surface area contributed by atoms with Crippen molar-refractivity contribution in [1.82, 2.24) is 4.98 Å². The number of hydrogen-bond acceptors (Lipinski definition) is 4. The van der Waals surface area contributed by atoms with Crippen LogP contribution in [-0.2, 0) is 0 Å². The number of ketones is 1. The summed E-state index contributed by atoms with van der Waals surface area (Å²) >= 11 is 0. The van der Waals surface area contributed by atoms with E-state index in [9.17, 15) is 9.90 Å². The molecule has 0 saturated heterocycles. The summed E-state index contributed by atoms with van der Waals surface area (Å²) < 4.78 is 5.31. The van der Waals surface area contributed by atoms with Crippen LogP contribution in [0, 0.1) is 0 Å². The van der Waals surface area contributed by atoms with Gasteiger partial charge in [0, 0.05) is 29.6 Å². The third kappa shape index (κ3) is 3.45. The van der Waals surface area contributed by atoms with Crippen LogP contribution < -0.4 is 4.74 Å². The SMILES string of the molecule is CCOc1ccc(C(=O)C=C(O)c2cccnc2)cc1. The first-order chi connectivity index (χ1) is 9.70. The van der Waals surface area contributed by atoms with Crippen LogP contribution in [0.4, 0.5) is 0 Å². The molecule has 4 heteroatoms. The first-order valence-electron chi connectivity index (χ1n) is 6.29. The number of nitrogens with zero attached hydrogens (tertiary/aromatic N) is 1. The summed E-state index contributed by atoms with van der Waals surface area (Å²) in [4.78, 5) is 15.9. The van der Waals surface area contributed by atoms with Crippen molar-refractivity contribution in [3.63, 3.8) is 0 Å². The summed E-state index contributed by atoms with van der Waals surface area (Å²) in [6.45, 7) is 2.47. The number of carbonyl (C=O) groups is 1. The number of carbonyl (C=O) groups excluding carboxylic acids is 1. The van der Waals surface area contributed by atoms with Crippen LogP contribution in [0.2, 0.25) is 0 Å². The zero-order valence-electron chi connectivity index (χ0n) is 11.1. The van der Waals surface area contributed by atoms with E-state index in [1.807, 2.05) is 6.92 Å². The number of pyridine rings is 1. The lowest BCUT2D eigenvalue weighted by Gasteiger charge is -2.03. The molecule has 0 amide bonds. The highest BCUT2D eigenvalue weighted by Crippen LogP contribution is 2.15. The van der Waals surface area contributed by atoms with E-state index < -0.39 is 0 Å². The lowest BCUT2D eigenvalue weighted by Crippen LogP contribution is -1.97. The van der Waals surface area contributed by atoms with Gasteiger partial charge in [-0.05, 0) is 43.3 Å². The maximum Gasteiger partial charge on any atom is 0.189 e. The quantitative estimate of drug-likeness (QED) is 0.514. The van der Waals surface area contributed by atoms with E-state index in [1.165, 1.54) is 12.3 Å². The molecule has 1 heterocycles. The summed E-state index contributed by atoms with van der Waals surface area (Å²) in [6.07, 6.45) is 4.29. The molecule has 2 rings (SSSR count). The Balaban J connectivity index is 2.15. The molecule has 0 unspecified atom stereocenters. The lowest BCUT2D eigenvalue weighted by atomic mass is 10.1. The average molecular weight is 269 g/mol. The summed E-state index contributed by atoms with van der Waals surface area (Å²) in [7, 11) is 0. The van der Waals surface area contributed by atoms with Crippen molar-refractivity contribution in [2.45, 2.75) is 6.92 Å². The molecule has 2 aromatic rings. The molecule has 1 aromatic carbocycles. The average Bonchev–Trinajstić information content (AvgIpc) is 2.49. The molecule has 0 radical (unpaired) electrons. The van der Waals surface area contributed by atoms with Gasteiger partial charge in [-0.15, -0.1) is 0 Å². The van der Waals surface area contributed by atoms with E-state index in [2.05, 4.69) is 4.98 Å². The van der Waals surface area contributed by atoms with Crippen molar-refractivity contribution in [1.29, 1.82) is 0 Å². The summed E-state index contributed by atoms with van der Waals surface area (Å²) in [5.74, 6) is 0.343. The lowest BCUT2D eigenvalue weighted by molar-refractivity contribution is 0.104. The van der Waals surface area contributed by atoms with Gasteiger partial charge in [0.2, 0.25) is 0 Å². The van der Waals surface area contributed by atoms with Gasteiger partial charge in [0.25, 0.3) is 0 Å². The maximum atomic E-state index is 12.0. The number of rotatable bonds is 5. The van der Waals surface area contributed by atoms with E-state index in [4.69, 9.17) is 4.74 Å². The van der Waals surface area contributed by atoms with Crippen molar-refractivity contribution in [3.8, 4) is 5.75 Å². The number of allylic oxidation sites excluding steroid dienone is 1. The van der Waals surface area contributed by atoms with Gasteiger partial charge in [-0.1, -0.05) is 0 Å². The van der Waals surface area contributed by atoms with Crippen LogP contribution >= 0.6 is 0 Å². The summed E-state index contributed by atoms with van der Waals surface area (Å²) in [6, 6.07) is 10.2. The minimum atomic E-state index is -0.269. The van der Waals surface area contributed by atoms with Crippen LogP contribution in [0.25, 0.3) is 5.76 Å². The largest absolute Gasteiger partial charge is 0.507 e. The molecule has 0 spiro atoms. The number of hydrogen-bond donors (Lipinski definition) is 1. The van der Waals surface area contributed by atoms with E-state index in [0.717, 1.165) is 0 Å². The fourth-order valence-corrected chi connectivity index (χ4v) is 1.69. The molecule has 20 heavy (non-hydrogen) atoms. The molecule has 0 aliphatic rings. The Hall–Kier alpha value is -2.62.